The van der Waals surface area contributed by atoms with E-state index in [2.05, 4.69) is 22.2 Å². The van der Waals surface area contributed by atoms with Crippen LogP contribution < -0.4 is 11.1 Å². The Morgan fingerprint density at radius 1 is 1.38 bits per heavy atom. The first-order valence-corrected chi connectivity index (χ1v) is 6.05. The van der Waals surface area contributed by atoms with Crippen LogP contribution in [-0.2, 0) is 0 Å². The van der Waals surface area contributed by atoms with Gasteiger partial charge in [0.25, 0.3) is 0 Å². The van der Waals surface area contributed by atoms with Gasteiger partial charge < -0.3 is 11.1 Å². The van der Waals surface area contributed by atoms with E-state index in [0.717, 1.165) is 12.1 Å². The molecule has 1 aromatic heterocycles. The minimum atomic E-state index is 0.225. The maximum atomic E-state index is 6.11. The largest absolute Gasteiger partial charge is 0.326 e. The summed E-state index contributed by atoms with van der Waals surface area (Å²) in [6.07, 6.45) is 10.1. The molecule has 0 spiro atoms. The average molecular weight is 220 g/mol. The zero-order valence-corrected chi connectivity index (χ0v) is 9.76. The van der Waals surface area contributed by atoms with Crippen molar-refractivity contribution in [3.63, 3.8) is 0 Å². The fourth-order valence-corrected chi connectivity index (χ4v) is 2.31. The van der Waals surface area contributed by atoms with Gasteiger partial charge >= 0.3 is 0 Å². The normalized spacial score (nSPS) is 27.6. The van der Waals surface area contributed by atoms with Crippen LogP contribution in [0.1, 0.15) is 44.3 Å². The highest BCUT2D eigenvalue weighted by atomic mass is 15.0. The second-order valence-corrected chi connectivity index (χ2v) is 4.57. The number of nitrogens with one attached hydrogen (secondary N) is 1. The highest BCUT2D eigenvalue weighted by Gasteiger charge is 2.23. The van der Waals surface area contributed by atoms with Crippen molar-refractivity contribution in [2.24, 2.45) is 5.73 Å². The van der Waals surface area contributed by atoms with E-state index in [1.54, 1.807) is 12.4 Å². The summed E-state index contributed by atoms with van der Waals surface area (Å²) < 4.78 is 0. The molecule has 0 unspecified atom stereocenters. The first kappa shape index (κ1) is 11.5. The lowest BCUT2D eigenvalue weighted by Crippen LogP contribution is -2.47. The molecule has 1 aliphatic rings. The Balaban J connectivity index is 1.94. The van der Waals surface area contributed by atoms with Gasteiger partial charge in [-0.1, -0.05) is 12.8 Å². The predicted octanol–water partition coefficient (Wildman–Crippen LogP) is 1.40. The fourth-order valence-electron chi connectivity index (χ4n) is 2.31. The third-order valence-electron chi connectivity index (χ3n) is 3.31. The zero-order valence-electron chi connectivity index (χ0n) is 9.76. The molecule has 0 bridgehead atoms. The molecule has 0 aromatic carbocycles. The van der Waals surface area contributed by atoms with Gasteiger partial charge in [-0.3, -0.25) is 9.97 Å². The summed E-state index contributed by atoms with van der Waals surface area (Å²) in [6, 6.07) is 0.932. The van der Waals surface area contributed by atoms with E-state index >= 15 is 0 Å². The average Bonchev–Trinajstić information content (AvgIpc) is 2.33. The molecular formula is C12H20N4. The van der Waals surface area contributed by atoms with Crippen LogP contribution in [0.15, 0.2) is 18.6 Å². The van der Waals surface area contributed by atoms with Crippen molar-refractivity contribution >= 4 is 0 Å². The Morgan fingerprint density at radius 2 is 2.19 bits per heavy atom. The number of nitrogens with zero attached hydrogens (tertiary/aromatic N) is 2. The first-order chi connectivity index (χ1) is 7.77. The van der Waals surface area contributed by atoms with Crippen LogP contribution >= 0.6 is 0 Å². The molecule has 3 N–H and O–H groups in total. The van der Waals surface area contributed by atoms with E-state index in [-0.39, 0.29) is 12.1 Å². The summed E-state index contributed by atoms with van der Waals surface area (Å²) in [6.45, 7) is 2.12. The van der Waals surface area contributed by atoms with Gasteiger partial charge in [0.05, 0.1) is 5.69 Å². The molecule has 0 saturated heterocycles. The second-order valence-electron chi connectivity index (χ2n) is 4.57. The van der Waals surface area contributed by atoms with Crippen molar-refractivity contribution in [3.05, 3.63) is 24.3 Å². The molecule has 2 rings (SSSR count). The summed E-state index contributed by atoms with van der Waals surface area (Å²) in [4.78, 5) is 8.39. The first-order valence-electron chi connectivity index (χ1n) is 6.05. The molecule has 0 radical (unpaired) electrons. The van der Waals surface area contributed by atoms with E-state index in [9.17, 15) is 0 Å². The predicted molar refractivity (Wildman–Crippen MR) is 63.8 cm³/mol. The maximum Gasteiger partial charge on any atom is 0.0753 e. The van der Waals surface area contributed by atoms with Gasteiger partial charge in [-0.25, -0.2) is 0 Å². The topological polar surface area (TPSA) is 63.8 Å². The Labute approximate surface area is 96.7 Å². The molecule has 1 heterocycles. The molecule has 0 amide bonds. The van der Waals surface area contributed by atoms with Crippen molar-refractivity contribution in [2.75, 3.05) is 0 Å². The monoisotopic (exact) mass is 220 g/mol. The molecule has 3 atom stereocenters. The van der Waals surface area contributed by atoms with Crippen molar-refractivity contribution < 1.29 is 0 Å². The van der Waals surface area contributed by atoms with Crippen LogP contribution in [0.3, 0.4) is 0 Å². The van der Waals surface area contributed by atoms with Gasteiger partial charge in [-0.15, -0.1) is 0 Å². The Bertz CT molecular complexity index is 314. The molecule has 1 aliphatic carbocycles. The number of aromatic nitrogens is 2. The number of nitrogens with two attached hydrogens (primary N) is 1. The lowest BCUT2D eigenvalue weighted by Gasteiger charge is -2.31. The molecule has 4 heteroatoms. The minimum absolute atomic E-state index is 0.225. The van der Waals surface area contributed by atoms with E-state index in [1.807, 2.05) is 6.20 Å². The summed E-state index contributed by atoms with van der Waals surface area (Å²) in [5, 5.41) is 3.56. The third kappa shape index (κ3) is 2.77. The van der Waals surface area contributed by atoms with Crippen molar-refractivity contribution in [2.45, 2.75) is 50.7 Å². The highest BCUT2D eigenvalue weighted by Crippen LogP contribution is 2.19. The quantitative estimate of drug-likeness (QED) is 0.808. The van der Waals surface area contributed by atoms with Crippen LogP contribution in [0.5, 0.6) is 0 Å². The zero-order chi connectivity index (χ0) is 11.4. The Kier molecular flexibility index (Phi) is 3.85. The van der Waals surface area contributed by atoms with Gasteiger partial charge in [-0.2, -0.15) is 0 Å². The molecule has 1 aromatic rings. The van der Waals surface area contributed by atoms with Crippen molar-refractivity contribution in [1.29, 1.82) is 0 Å². The Hall–Kier alpha value is -1.00. The number of hydrogen-bond acceptors (Lipinski definition) is 4. The molecular weight excluding hydrogens is 200 g/mol. The molecule has 1 fully saturated rings. The van der Waals surface area contributed by atoms with Crippen LogP contribution in [0.25, 0.3) is 0 Å². The van der Waals surface area contributed by atoms with E-state index < -0.39 is 0 Å². The van der Waals surface area contributed by atoms with Gasteiger partial charge in [0.15, 0.2) is 0 Å². The lowest BCUT2D eigenvalue weighted by atomic mass is 9.90. The van der Waals surface area contributed by atoms with E-state index in [1.165, 1.54) is 19.3 Å². The second kappa shape index (κ2) is 5.37. The van der Waals surface area contributed by atoms with Gasteiger partial charge in [-0.05, 0) is 19.8 Å². The minimum Gasteiger partial charge on any atom is -0.326 e. The highest BCUT2D eigenvalue weighted by molar-refractivity contribution is 5.02. The third-order valence-corrected chi connectivity index (χ3v) is 3.31. The summed E-state index contributed by atoms with van der Waals surface area (Å²) in [7, 11) is 0. The lowest BCUT2D eigenvalue weighted by molar-refractivity contribution is 0.305. The number of rotatable bonds is 3. The number of hydrogen-bond donors (Lipinski definition) is 2. The maximum absolute atomic E-state index is 6.11. The van der Waals surface area contributed by atoms with Gasteiger partial charge in [0, 0.05) is 36.7 Å². The van der Waals surface area contributed by atoms with E-state index in [0.29, 0.717) is 6.04 Å². The summed E-state index contributed by atoms with van der Waals surface area (Å²) >= 11 is 0. The molecule has 88 valence electrons. The van der Waals surface area contributed by atoms with Crippen LogP contribution in [-0.4, -0.2) is 22.1 Å². The summed E-state index contributed by atoms with van der Waals surface area (Å²) in [5.74, 6) is 0. The van der Waals surface area contributed by atoms with Crippen LogP contribution in [0.2, 0.25) is 0 Å². The molecule has 0 aliphatic heterocycles. The van der Waals surface area contributed by atoms with Gasteiger partial charge in [0.1, 0.15) is 0 Å². The van der Waals surface area contributed by atoms with E-state index in [4.69, 9.17) is 5.73 Å². The molecule has 4 nitrogen and oxygen atoms in total. The molecule has 16 heavy (non-hydrogen) atoms. The smallest absolute Gasteiger partial charge is 0.0753 e. The van der Waals surface area contributed by atoms with Crippen LogP contribution in [0.4, 0.5) is 0 Å². The SMILES string of the molecule is C[C@H](N[C@@H]1CCCC[C@@H]1N)c1cnccn1. The Morgan fingerprint density at radius 3 is 2.88 bits per heavy atom. The standard InChI is InChI=1S/C12H20N4/c1-9(12-8-14-6-7-15-12)16-11-5-3-2-4-10(11)13/h6-11,16H,2-5,13H2,1H3/t9-,10-,11+/m0/s1. The van der Waals surface area contributed by atoms with Crippen molar-refractivity contribution in [3.8, 4) is 0 Å². The van der Waals surface area contributed by atoms with Crippen molar-refractivity contribution in [1.82, 2.24) is 15.3 Å². The fraction of sp³-hybridized carbons (Fsp3) is 0.667. The van der Waals surface area contributed by atoms with Gasteiger partial charge in [0.2, 0.25) is 0 Å². The molecule has 1 saturated carbocycles. The summed E-state index contributed by atoms with van der Waals surface area (Å²) in [5.41, 5.74) is 7.09. The van der Waals surface area contributed by atoms with Crippen LogP contribution in [0, 0.1) is 0 Å².